The van der Waals surface area contributed by atoms with Crippen LogP contribution in [-0.4, -0.2) is 50.3 Å². The van der Waals surface area contributed by atoms with Crippen LogP contribution in [0.4, 0.5) is 4.39 Å². The molecule has 0 spiro atoms. The molecule has 156 valence electrons. The third-order valence-electron chi connectivity index (χ3n) is 5.05. The van der Waals surface area contributed by atoms with Crippen LogP contribution in [0.3, 0.4) is 0 Å². The predicted molar refractivity (Wildman–Crippen MR) is 115 cm³/mol. The van der Waals surface area contributed by atoms with Crippen LogP contribution in [-0.2, 0) is 24.2 Å². The van der Waals surface area contributed by atoms with E-state index in [2.05, 4.69) is 51.7 Å². The highest BCUT2D eigenvalue weighted by Crippen LogP contribution is 2.12. The highest BCUT2D eigenvalue weighted by atomic mass is 19.1. The quantitative estimate of drug-likeness (QED) is 0.556. The van der Waals surface area contributed by atoms with E-state index in [-0.39, 0.29) is 5.82 Å². The lowest BCUT2D eigenvalue weighted by Gasteiger charge is -2.31. The molecule has 0 aliphatic carbocycles. The molecule has 2 aromatic rings. The largest absolute Gasteiger partial charge is 0.376 e. The van der Waals surface area contributed by atoms with Gasteiger partial charge in [0.25, 0.3) is 0 Å². The van der Waals surface area contributed by atoms with Gasteiger partial charge in [0.05, 0.1) is 12.7 Å². The number of guanidine groups is 1. The van der Waals surface area contributed by atoms with Crippen LogP contribution < -0.4 is 10.6 Å². The Morgan fingerprint density at radius 1 is 1.17 bits per heavy atom. The summed E-state index contributed by atoms with van der Waals surface area (Å²) >= 11 is 0. The van der Waals surface area contributed by atoms with Gasteiger partial charge in [0.1, 0.15) is 5.82 Å². The number of halogens is 1. The summed E-state index contributed by atoms with van der Waals surface area (Å²) in [7, 11) is 1.74. The molecule has 1 saturated heterocycles. The average molecular weight is 399 g/mol. The van der Waals surface area contributed by atoms with Crippen molar-refractivity contribution in [1.82, 2.24) is 15.5 Å². The van der Waals surface area contributed by atoms with Crippen molar-refractivity contribution in [3.05, 3.63) is 71.0 Å². The molecule has 0 bridgehead atoms. The lowest BCUT2D eigenvalue weighted by molar-refractivity contribution is -0.0212. The molecule has 0 amide bonds. The van der Waals surface area contributed by atoms with Gasteiger partial charge < -0.3 is 15.4 Å². The second-order valence-electron chi connectivity index (χ2n) is 7.43. The Morgan fingerprint density at radius 3 is 2.79 bits per heavy atom. The zero-order valence-corrected chi connectivity index (χ0v) is 17.3. The van der Waals surface area contributed by atoms with Gasteiger partial charge in [-0.25, -0.2) is 4.39 Å². The topological polar surface area (TPSA) is 48.9 Å². The maximum Gasteiger partial charge on any atom is 0.191 e. The molecule has 0 saturated carbocycles. The van der Waals surface area contributed by atoms with Crippen molar-refractivity contribution in [1.29, 1.82) is 0 Å². The van der Waals surface area contributed by atoms with Crippen LogP contribution in [0.5, 0.6) is 0 Å². The summed E-state index contributed by atoms with van der Waals surface area (Å²) in [6.45, 7) is 7.13. The molecule has 1 fully saturated rings. The molecule has 1 aliphatic heterocycles. The molecule has 5 nitrogen and oxygen atoms in total. The first-order valence-corrected chi connectivity index (χ1v) is 10.2. The Bertz CT molecular complexity index is 811. The fourth-order valence-corrected chi connectivity index (χ4v) is 3.55. The van der Waals surface area contributed by atoms with Crippen LogP contribution in [0.1, 0.15) is 23.6 Å². The number of rotatable bonds is 7. The van der Waals surface area contributed by atoms with Crippen molar-refractivity contribution in [2.24, 2.45) is 4.99 Å². The zero-order chi connectivity index (χ0) is 20.5. The van der Waals surface area contributed by atoms with Crippen molar-refractivity contribution in [3.8, 4) is 0 Å². The predicted octanol–water partition coefficient (Wildman–Crippen LogP) is 2.95. The lowest BCUT2D eigenvalue weighted by atomic mass is 10.1. The van der Waals surface area contributed by atoms with Gasteiger partial charge >= 0.3 is 0 Å². The van der Waals surface area contributed by atoms with Gasteiger partial charge in [-0.15, -0.1) is 0 Å². The Labute approximate surface area is 173 Å². The molecule has 1 unspecified atom stereocenters. The summed E-state index contributed by atoms with van der Waals surface area (Å²) < 4.78 is 19.3. The second-order valence-corrected chi connectivity index (χ2v) is 7.43. The van der Waals surface area contributed by atoms with Crippen LogP contribution in [0.25, 0.3) is 0 Å². The molecule has 0 aromatic heterocycles. The second kappa shape index (κ2) is 10.9. The third-order valence-corrected chi connectivity index (χ3v) is 5.05. The molecular formula is C23H31FN4O. The van der Waals surface area contributed by atoms with Crippen LogP contribution in [0, 0.1) is 5.82 Å². The van der Waals surface area contributed by atoms with E-state index in [0.717, 1.165) is 26.2 Å². The fourth-order valence-electron chi connectivity index (χ4n) is 3.55. The van der Waals surface area contributed by atoms with Gasteiger partial charge in [-0.3, -0.25) is 9.89 Å². The van der Waals surface area contributed by atoms with E-state index in [1.807, 2.05) is 12.1 Å². The SMILES string of the molecule is CN=C(NCCc1ccccc1F)NCc1cccc(CN2CCOC(C)C2)c1. The van der Waals surface area contributed by atoms with Crippen molar-refractivity contribution in [3.63, 3.8) is 0 Å². The summed E-state index contributed by atoms with van der Waals surface area (Å²) in [5, 5.41) is 6.59. The van der Waals surface area contributed by atoms with Crippen LogP contribution in [0.15, 0.2) is 53.5 Å². The Balaban J connectivity index is 1.46. The first-order valence-electron chi connectivity index (χ1n) is 10.2. The summed E-state index contributed by atoms with van der Waals surface area (Å²) in [4.78, 5) is 6.69. The number of hydrogen-bond donors (Lipinski definition) is 2. The number of benzene rings is 2. The minimum atomic E-state index is -0.163. The van der Waals surface area contributed by atoms with Gasteiger partial charge in [0, 0.05) is 39.8 Å². The average Bonchev–Trinajstić information content (AvgIpc) is 2.72. The zero-order valence-electron chi connectivity index (χ0n) is 17.3. The summed E-state index contributed by atoms with van der Waals surface area (Å²) in [5.41, 5.74) is 3.22. The maximum atomic E-state index is 13.7. The third kappa shape index (κ3) is 6.84. The minimum Gasteiger partial charge on any atom is -0.376 e. The first kappa shape index (κ1) is 21.3. The van der Waals surface area contributed by atoms with Crippen molar-refractivity contribution in [2.45, 2.75) is 32.5 Å². The van der Waals surface area contributed by atoms with Gasteiger partial charge in [-0.2, -0.15) is 0 Å². The van der Waals surface area contributed by atoms with E-state index in [0.29, 0.717) is 37.1 Å². The highest BCUT2D eigenvalue weighted by Gasteiger charge is 2.16. The van der Waals surface area contributed by atoms with Gasteiger partial charge in [-0.1, -0.05) is 42.5 Å². The molecule has 2 N–H and O–H groups in total. The number of hydrogen-bond acceptors (Lipinski definition) is 3. The molecule has 29 heavy (non-hydrogen) atoms. The van der Waals surface area contributed by atoms with Crippen molar-refractivity contribution >= 4 is 5.96 Å². The number of aliphatic imine (C=N–C) groups is 1. The lowest BCUT2D eigenvalue weighted by Crippen LogP contribution is -2.40. The van der Waals surface area contributed by atoms with Crippen LogP contribution >= 0.6 is 0 Å². The summed E-state index contributed by atoms with van der Waals surface area (Å²) in [6, 6.07) is 15.5. The summed E-state index contributed by atoms with van der Waals surface area (Å²) in [5.74, 6) is 0.553. The van der Waals surface area contributed by atoms with Crippen LogP contribution in [0.2, 0.25) is 0 Å². The number of nitrogens with one attached hydrogen (secondary N) is 2. The smallest absolute Gasteiger partial charge is 0.191 e. The monoisotopic (exact) mass is 398 g/mol. The normalized spacial score (nSPS) is 17.9. The number of ether oxygens (including phenoxy) is 1. The molecule has 1 atom stereocenters. The van der Waals surface area contributed by atoms with E-state index in [1.165, 1.54) is 17.2 Å². The van der Waals surface area contributed by atoms with Gasteiger partial charge in [-0.05, 0) is 36.1 Å². The fraction of sp³-hybridized carbons (Fsp3) is 0.435. The van der Waals surface area contributed by atoms with Crippen molar-refractivity contribution < 1.29 is 9.13 Å². The summed E-state index contributed by atoms with van der Waals surface area (Å²) in [6.07, 6.45) is 0.910. The van der Waals surface area contributed by atoms with E-state index in [4.69, 9.17) is 4.74 Å². The molecule has 2 aromatic carbocycles. The molecule has 3 rings (SSSR count). The Hall–Kier alpha value is -2.44. The molecular weight excluding hydrogens is 367 g/mol. The van der Waals surface area contributed by atoms with E-state index < -0.39 is 0 Å². The highest BCUT2D eigenvalue weighted by molar-refractivity contribution is 5.79. The van der Waals surface area contributed by atoms with E-state index in [9.17, 15) is 4.39 Å². The molecule has 1 aliphatic rings. The number of nitrogens with zero attached hydrogens (tertiary/aromatic N) is 2. The van der Waals surface area contributed by atoms with E-state index in [1.54, 1.807) is 13.1 Å². The number of morpholine rings is 1. The van der Waals surface area contributed by atoms with E-state index >= 15 is 0 Å². The Morgan fingerprint density at radius 2 is 2.00 bits per heavy atom. The first-order chi connectivity index (χ1) is 14.1. The molecule has 1 heterocycles. The maximum absolute atomic E-state index is 13.7. The Kier molecular flexibility index (Phi) is 8.02. The van der Waals surface area contributed by atoms with Gasteiger partial charge in [0.15, 0.2) is 5.96 Å². The molecule has 6 heteroatoms. The standard InChI is InChI=1S/C23H31FN4O/c1-18-16-28(12-13-29-18)17-20-7-5-6-19(14-20)15-27-23(25-2)26-11-10-21-8-3-4-9-22(21)24/h3-9,14,18H,10-13,15-17H2,1-2H3,(H2,25,26,27). The van der Waals surface area contributed by atoms with Crippen molar-refractivity contribution in [2.75, 3.05) is 33.3 Å². The molecule has 0 radical (unpaired) electrons. The van der Waals surface area contributed by atoms with Gasteiger partial charge in [0.2, 0.25) is 0 Å². The minimum absolute atomic E-state index is 0.163.